The van der Waals surface area contributed by atoms with Gasteiger partial charge in [-0.1, -0.05) is 61.0 Å². The lowest BCUT2D eigenvalue weighted by atomic mass is 9.85. The molecule has 0 aliphatic heterocycles. The van der Waals surface area contributed by atoms with Crippen molar-refractivity contribution in [2.75, 3.05) is 5.73 Å². The quantitative estimate of drug-likeness (QED) is 0.493. The van der Waals surface area contributed by atoms with Gasteiger partial charge in [0.25, 0.3) is 0 Å². The fourth-order valence-electron chi connectivity index (χ4n) is 4.85. The Balaban J connectivity index is 1.41. The van der Waals surface area contributed by atoms with Crippen molar-refractivity contribution in [1.29, 1.82) is 0 Å². The second kappa shape index (κ2) is 7.66. The van der Waals surface area contributed by atoms with Crippen molar-refractivity contribution in [1.82, 2.24) is 20.4 Å². The Morgan fingerprint density at radius 1 is 1.03 bits per heavy atom. The minimum Gasteiger partial charge on any atom is -0.384 e. The number of nitrogens with two attached hydrogens (primary N) is 1. The molecule has 0 spiro atoms. The zero-order valence-corrected chi connectivity index (χ0v) is 16.4. The number of benzene rings is 2. The molecule has 0 bridgehead atoms. The van der Waals surface area contributed by atoms with Crippen LogP contribution in [-0.2, 0) is 6.42 Å². The van der Waals surface area contributed by atoms with Crippen LogP contribution < -0.4 is 5.73 Å². The molecule has 2 atom stereocenters. The van der Waals surface area contributed by atoms with Crippen molar-refractivity contribution in [3.05, 3.63) is 82.9 Å². The Morgan fingerprint density at radius 2 is 1.86 bits per heavy atom. The number of nitrogens with one attached hydrogen (secondary N) is 1. The zero-order valence-electron chi connectivity index (χ0n) is 16.4. The maximum atomic E-state index is 6.09. The molecule has 4 aromatic rings. The van der Waals surface area contributed by atoms with E-state index in [2.05, 4.69) is 75.0 Å². The molecule has 2 aromatic carbocycles. The van der Waals surface area contributed by atoms with Gasteiger partial charge in [-0.3, -0.25) is 0 Å². The van der Waals surface area contributed by atoms with E-state index in [0.29, 0.717) is 17.4 Å². The summed E-state index contributed by atoms with van der Waals surface area (Å²) in [6.45, 7) is 0. The average molecular weight is 383 g/mol. The van der Waals surface area contributed by atoms with E-state index in [1.165, 1.54) is 30.4 Å². The van der Waals surface area contributed by atoms with E-state index < -0.39 is 0 Å². The summed E-state index contributed by atoms with van der Waals surface area (Å²) in [6.07, 6.45) is 5.89. The van der Waals surface area contributed by atoms with Gasteiger partial charge in [0, 0.05) is 5.92 Å². The first-order valence-corrected chi connectivity index (χ1v) is 10.4. The van der Waals surface area contributed by atoms with Crippen LogP contribution in [0.2, 0.25) is 0 Å². The lowest BCUT2D eigenvalue weighted by Gasteiger charge is -2.20. The Labute approximate surface area is 170 Å². The second-order valence-electron chi connectivity index (χ2n) is 7.96. The number of aryl methyl sites for hydroxylation is 1. The van der Waals surface area contributed by atoms with E-state index >= 15 is 0 Å². The molecule has 1 aliphatic rings. The van der Waals surface area contributed by atoms with Crippen molar-refractivity contribution in [2.24, 2.45) is 0 Å². The largest absolute Gasteiger partial charge is 0.384 e. The highest BCUT2D eigenvalue weighted by molar-refractivity contribution is 5.77. The molecule has 5 heteroatoms. The number of aromatic amines is 1. The zero-order chi connectivity index (χ0) is 19.6. The maximum absolute atomic E-state index is 6.09. The Bertz CT molecular complexity index is 1120. The molecule has 0 fully saturated rings. The fraction of sp³-hybridized carbons (Fsp3) is 0.292. The molecule has 0 amide bonds. The number of pyridine rings is 1. The van der Waals surface area contributed by atoms with E-state index in [4.69, 9.17) is 5.73 Å². The van der Waals surface area contributed by atoms with Crippen molar-refractivity contribution < 1.29 is 0 Å². The first kappa shape index (κ1) is 17.9. The molecule has 0 saturated heterocycles. The number of nitrogens with zero attached hydrogens (tertiary/aromatic N) is 3. The van der Waals surface area contributed by atoms with Crippen LogP contribution in [0.15, 0.2) is 60.7 Å². The van der Waals surface area contributed by atoms with Crippen molar-refractivity contribution in [3.8, 4) is 0 Å². The standard InChI is InChI=1S/C24H25N5/c25-22-15-21(23-24(26-22)28-29-27-23)20(16-7-2-1-3-8-16)12-6-10-18-14-13-17-9-4-5-11-19(17)18/h1-5,7-9,11,15,18,20H,6,10,12-14H2,(H3,25,26,27,28,29)/t18?,20-/m0/s1. The molecule has 0 radical (unpaired) electrons. The van der Waals surface area contributed by atoms with Crippen LogP contribution in [0, 0.1) is 0 Å². The molecule has 5 rings (SSSR count). The number of rotatable bonds is 6. The normalized spacial score (nSPS) is 16.8. The van der Waals surface area contributed by atoms with Gasteiger partial charge in [0.15, 0.2) is 0 Å². The van der Waals surface area contributed by atoms with Crippen LogP contribution >= 0.6 is 0 Å². The van der Waals surface area contributed by atoms with E-state index in [9.17, 15) is 0 Å². The lowest BCUT2D eigenvalue weighted by Crippen LogP contribution is -2.06. The predicted octanol–water partition coefficient (Wildman–Crippen LogP) is 4.97. The van der Waals surface area contributed by atoms with E-state index in [-0.39, 0.29) is 5.92 Å². The molecule has 29 heavy (non-hydrogen) atoms. The predicted molar refractivity (Wildman–Crippen MR) is 116 cm³/mol. The van der Waals surface area contributed by atoms with Crippen LogP contribution in [0.3, 0.4) is 0 Å². The molecule has 2 heterocycles. The number of hydrogen-bond donors (Lipinski definition) is 2. The van der Waals surface area contributed by atoms with Gasteiger partial charge >= 0.3 is 0 Å². The highest BCUT2D eigenvalue weighted by atomic mass is 15.3. The summed E-state index contributed by atoms with van der Waals surface area (Å²) < 4.78 is 0. The van der Waals surface area contributed by atoms with Gasteiger partial charge in [-0.15, -0.1) is 5.10 Å². The van der Waals surface area contributed by atoms with E-state index in [1.54, 1.807) is 5.56 Å². The van der Waals surface area contributed by atoms with Crippen LogP contribution in [0.4, 0.5) is 5.82 Å². The van der Waals surface area contributed by atoms with Crippen molar-refractivity contribution >= 4 is 17.0 Å². The maximum Gasteiger partial charge on any atom is 0.203 e. The van der Waals surface area contributed by atoms with E-state index in [0.717, 1.165) is 23.9 Å². The molecule has 2 aromatic heterocycles. The number of fused-ring (bicyclic) bond motifs is 2. The molecule has 3 N–H and O–H groups in total. The van der Waals surface area contributed by atoms with Gasteiger partial charge in [-0.2, -0.15) is 10.3 Å². The van der Waals surface area contributed by atoms with E-state index in [1.807, 2.05) is 6.07 Å². The second-order valence-corrected chi connectivity index (χ2v) is 7.96. The van der Waals surface area contributed by atoms with Crippen LogP contribution in [0.1, 0.15) is 59.8 Å². The van der Waals surface area contributed by atoms with Gasteiger partial charge in [0.2, 0.25) is 5.65 Å². The molecule has 5 nitrogen and oxygen atoms in total. The highest BCUT2D eigenvalue weighted by Crippen LogP contribution is 2.39. The Morgan fingerprint density at radius 3 is 2.76 bits per heavy atom. The summed E-state index contributed by atoms with van der Waals surface area (Å²) in [5.74, 6) is 1.40. The monoisotopic (exact) mass is 383 g/mol. The summed E-state index contributed by atoms with van der Waals surface area (Å²) >= 11 is 0. The van der Waals surface area contributed by atoms with Gasteiger partial charge in [0.1, 0.15) is 11.3 Å². The first-order valence-electron chi connectivity index (χ1n) is 10.4. The summed E-state index contributed by atoms with van der Waals surface area (Å²) in [5, 5.41) is 11.2. The first-order chi connectivity index (χ1) is 14.3. The third kappa shape index (κ3) is 3.48. The van der Waals surface area contributed by atoms with Crippen LogP contribution in [0.25, 0.3) is 11.2 Å². The number of aromatic nitrogens is 4. The summed E-state index contributed by atoms with van der Waals surface area (Å²) in [5.41, 5.74) is 13.0. The summed E-state index contributed by atoms with van der Waals surface area (Å²) in [7, 11) is 0. The van der Waals surface area contributed by atoms with Crippen LogP contribution in [0.5, 0.6) is 0 Å². The summed E-state index contributed by atoms with van der Waals surface area (Å²) in [6, 6.07) is 21.5. The highest BCUT2D eigenvalue weighted by Gasteiger charge is 2.24. The van der Waals surface area contributed by atoms with Gasteiger partial charge in [-0.05, 0) is 59.9 Å². The number of nitrogen functional groups attached to an aromatic ring is 1. The van der Waals surface area contributed by atoms with Gasteiger partial charge in [0.05, 0.1) is 0 Å². The number of H-pyrrole nitrogens is 1. The molecular weight excluding hydrogens is 358 g/mol. The van der Waals surface area contributed by atoms with Gasteiger partial charge < -0.3 is 5.73 Å². The Hall–Kier alpha value is -3.21. The minimum absolute atomic E-state index is 0.228. The topological polar surface area (TPSA) is 80.5 Å². The number of hydrogen-bond acceptors (Lipinski definition) is 4. The summed E-state index contributed by atoms with van der Waals surface area (Å²) in [4.78, 5) is 4.31. The SMILES string of the molecule is Nc1cc([C@@H](CCCC2CCc3ccccc32)c2ccccc2)c2n[nH]nc2n1. The van der Waals surface area contributed by atoms with Crippen molar-refractivity contribution in [2.45, 2.75) is 43.9 Å². The molecular formula is C24H25N5. The number of anilines is 1. The Kier molecular flexibility index (Phi) is 4.72. The van der Waals surface area contributed by atoms with Crippen molar-refractivity contribution in [3.63, 3.8) is 0 Å². The molecule has 1 aliphatic carbocycles. The van der Waals surface area contributed by atoms with Crippen LogP contribution in [-0.4, -0.2) is 20.4 Å². The fourth-order valence-corrected chi connectivity index (χ4v) is 4.85. The minimum atomic E-state index is 0.228. The molecule has 146 valence electrons. The van der Waals surface area contributed by atoms with Gasteiger partial charge in [-0.25, -0.2) is 4.98 Å². The third-order valence-corrected chi connectivity index (χ3v) is 6.22. The molecule has 1 unspecified atom stereocenters. The third-order valence-electron chi connectivity index (χ3n) is 6.22. The average Bonchev–Trinajstić information content (AvgIpc) is 3.38. The molecule has 0 saturated carbocycles. The smallest absolute Gasteiger partial charge is 0.203 e. The lowest BCUT2D eigenvalue weighted by molar-refractivity contribution is 0.547.